The van der Waals surface area contributed by atoms with E-state index in [1.54, 1.807) is 0 Å². The van der Waals surface area contributed by atoms with Crippen LogP contribution in [0, 0.1) is 38.7 Å². The number of carbonyl (C=O) groups excluding carboxylic acids is 1. The van der Waals surface area contributed by atoms with Crippen molar-refractivity contribution in [3.63, 3.8) is 0 Å². The van der Waals surface area contributed by atoms with E-state index in [2.05, 4.69) is 30.4 Å². The number of nitrogens with zero attached hydrogens (tertiary/aromatic N) is 2. The van der Waals surface area contributed by atoms with Crippen LogP contribution in [0.2, 0.25) is 0 Å². The lowest BCUT2D eigenvalue weighted by Crippen LogP contribution is -2.51. The zero-order valence-corrected chi connectivity index (χ0v) is 23.5. The largest absolute Gasteiger partial charge is 0.480 e. The van der Waals surface area contributed by atoms with Crippen LogP contribution in [-0.4, -0.2) is 56.6 Å². The molecule has 11 nitrogen and oxygen atoms in total. The molecule has 1 aromatic carbocycles. The number of non-ortho nitro benzene ring substituents is 1. The molecule has 4 aliphatic carbocycles. The number of oxime groups is 1. The van der Waals surface area contributed by atoms with Gasteiger partial charge in [-0.1, -0.05) is 36.7 Å². The summed E-state index contributed by atoms with van der Waals surface area (Å²) in [6, 6.07) is 3.24. The molecular formula is C30H39N3O8. The monoisotopic (exact) mass is 569 g/mol. The number of nitro groups is 1. The van der Waals surface area contributed by atoms with Crippen molar-refractivity contribution >= 4 is 23.3 Å². The number of rotatable bonds is 8. The Bertz CT molecular complexity index is 1280. The third-order valence-corrected chi connectivity index (χ3v) is 10.6. The molecule has 3 fully saturated rings. The van der Waals surface area contributed by atoms with Crippen LogP contribution in [0.15, 0.2) is 41.1 Å². The molecule has 222 valence electrons. The van der Waals surface area contributed by atoms with Crippen molar-refractivity contribution in [1.29, 1.82) is 0 Å². The second kappa shape index (κ2) is 11.2. The number of carboxylic acids is 1. The number of carboxylic acid groups (broad SMARTS) is 1. The number of fused-ring (bicyclic) bond motifs is 5. The Kier molecular flexibility index (Phi) is 7.95. The van der Waals surface area contributed by atoms with Gasteiger partial charge >= 0.3 is 5.97 Å². The van der Waals surface area contributed by atoms with Crippen molar-refractivity contribution in [1.82, 2.24) is 5.32 Å². The molecule has 0 heterocycles. The van der Waals surface area contributed by atoms with Gasteiger partial charge in [0.05, 0.1) is 16.7 Å². The molecule has 0 aromatic heterocycles. The van der Waals surface area contributed by atoms with E-state index in [4.69, 9.17) is 4.84 Å². The minimum atomic E-state index is -1.73. The highest BCUT2D eigenvalue weighted by atomic mass is 16.6. The number of aliphatic hydroxyl groups excluding tert-OH is 2. The van der Waals surface area contributed by atoms with Crippen molar-refractivity contribution in [2.45, 2.75) is 83.5 Å². The number of benzene rings is 1. The van der Waals surface area contributed by atoms with Gasteiger partial charge in [0.1, 0.15) is 6.10 Å². The predicted octanol–water partition coefficient (Wildman–Crippen LogP) is 3.89. The molecule has 1 aromatic rings. The minimum absolute atomic E-state index is 0.00800. The first-order chi connectivity index (χ1) is 19.4. The van der Waals surface area contributed by atoms with Gasteiger partial charge < -0.3 is 25.5 Å². The molecule has 0 unspecified atom stereocenters. The van der Waals surface area contributed by atoms with Gasteiger partial charge in [-0.05, 0) is 91.6 Å². The fraction of sp³-hybridized carbons (Fsp3) is 0.633. The molecule has 3 saturated carbocycles. The fourth-order valence-electron chi connectivity index (χ4n) is 8.29. The summed E-state index contributed by atoms with van der Waals surface area (Å²) in [4.78, 5) is 39.9. The lowest BCUT2D eigenvalue weighted by Gasteiger charge is -2.57. The zero-order valence-electron chi connectivity index (χ0n) is 23.5. The van der Waals surface area contributed by atoms with E-state index in [0.717, 1.165) is 56.7 Å². The number of carbonyl (C=O) groups is 2. The van der Waals surface area contributed by atoms with Crippen molar-refractivity contribution in [2.24, 2.45) is 33.7 Å². The topological polar surface area (TPSA) is 172 Å². The van der Waals surface area contributed by atoms with Crippen molar-refractivity contribution in [3.05, 3.63) is 51.6 Å². The molecule has 4 N–H and O–H groups in total. The summed E-state index contributed by atoms with van der Waals surface area (Å²) in [7, 11) is 0. The second-order valence-corrected chi connectivity index (χ2v) is 12.7. The maximum Gasteiger partial charge on any atom is 0.329 e. The number of allylic oxidation sites excluding steroid dienone is 2. The van der Waals surface area contributed by atoms with E-state index < -0.39 is 35.6 Å². The quantitative estimate of drug-likeness (QED) is 0.270. The average molecular weight is 570 g/mol. The summed E-state index contributed by atoms with van der Waals surface area (Å²) in [5.74, 6) is -0.484. The first kappa shape index (κ1) is 29.2. The summed E-state index contributed by atoms with van der Waals surface area (Å²) >= 11 is 0. The van der Waals surface area contributed by atoms with Crippen molar-refractivity contribution < 1.29 is 34.7 Å². The van der Waals surface area contributed by atoms with Crippen LogP contribution in [0.1, 0.15) is 76.9 Å². The molecule has 0 bridgehead atoms. The van der Waals surface area contributed by atoms with E-state index in [0.29, 0.717) is 24.2 Å². The maximum absolute atomic E-state index is 12.5. The molecule has 0 saturated heterocycles. The molecule has 0 radical (unpaired) electrons. The molecule has 5 rings (SSSR count). The van der Waals surface area contributed by atoms with Crippen molar-refractivity contribution in [3.8, 4) is 0 Å². The molecule has 0 spiro atoms. The molecule has 1 amide bonds. The van der Waals surface area contributed by atoms with Gasteiger partial charge in [-0.2, -0.15) is 0 Å². The van der Waals surface area contributed by atoms with Crippen LogP contribution < -0.4 is 5.32 Å². The standard InChI is InChI=1S/C30H39N3O8/c1-29-12-10-19(15-18(29)6-7-21-22-8-9-24(34)30(22,2)13-11-23(21)29)32-41-16-25(35)31-26(28(37)38)27(36)17-4-3-5-20(14-17)33(39)40/h3-5,14-15,21-24,26-27,34,36H,6-13,16H2,1-2H3,(H,31,35)(H,37,38)/b32-19-/t21-,22-,23-,24-,26+,27-,29+,30+/m1/s1. The number of nitrogens with one attached hydrogen (secondary N) is 1. The highest BCUT2D eigenvalue weighted by Gasteiger charge is 2.58. The Hall–Kier alpha value is -3.31. The summed E-state index contributed by atoms with van der Waals surface area (Å²) in [5, 5.41) is 48.2. The van der Waals surface area contributed by atoms with Crippen LogP contribution in [-0.2, 0) is 14.4 Å². The third kappa shape index (κ3) is 5.37. The Morgan fingerprint density at radius 2 is 1.95 bits per heavy atom. The summed E-state index contributed by atoms with van der Waals surface area (Å²) in [6.07, 6.45) is 8.16. The lowest BCUT2D eigenvalue weighted by atomic mass is 9.47. The van der Waals surface area contributed by atoms with Crippen LogP contribution in [0.4, 0.5) is 5.69 Å². The summed E-state index contributed by atoms with van der Waals surface area (Å²) in [5.41, 5.74) is 1.93. The highest BCUT2D eigenvalue weighted by Crippen LogP contribution is 2.65. The number of aliphatic carboxylic acids is 1. The van der Waals surface area contributed by atoms with E-state index in [1.165, 1.54) is 23.8 Å². The Morgan fingerprint density at radius 3 is 2.68 bits per heavy atom. The first-order valence-corrected chi connectivity index (χ1v) is 14.5. The van der Waals surface area contributed by atoms with Crippen LogP contribution >= 0.6 is 0 Å². The summed E-state index contributed by atoms with van der Waals surface area (Å²) in [6.45, 7) is 4.11. The van der Waals surface area contributed by atoms with E-state index in [1.807, 2.05) is 0 Å². The van der Waals surface area contributed by atoms with E-state index in [9.17, 15) is 35.0 Å². The SMILES string of the molecule is C[C@]12CC[C@@H]3[C@H](CCC4=C/C(=N\OCC(=O)N[C@H](C(=O)O)[C@H](O)c5cccc([N+](=O)[O-])c5)CC[C@@]43C)[C@H]1CC[C@H]2O. The maximum atomic E-state index is 12.5. The van der Waals surface area contributed by atoms with Gasteiger partial charge in [0.25, 0.3) is 11.6 Å². The van der Waals surface area contributed by atoms with Gasteiger partial charge in [0, 0.05) is 12.1 Å². The number of hydrogen-bond donors (Lipinski definition) is 4. The zero-order chi connectivity index (χ0) is 29.5. The Labute approximate surface area is 238 Å². The van der Waals surface area contributed by atoms with Gasteiger partial charge in [-0.15, -0.1) is 0 Å². The predicted molar refractivity (Wildman–Crippen MR) is 149 cm³/mol. The van der Waals surface area contributed by atoms with E-state index in [-0.39, 0.29) is 28.2 Å². The average Bonchev–Trinajstić information content (AvgIpc) is 3.25. The summed E-state index contributed by atoms with van der Waals surface area (Å²) < 4.78 is 0. The normalized spacial score (nSPS) is 34.8. The fourth-order valence-corrected chi connectivity index (χ4v) is 8.29. The van der Waals surface area contributed by atoms with Gasteiger partial charge in [-0.3, -0.25) is 14.9 Å². The number of amides is 1. The number of nitro benzene ring substituents is 1. The van der Waals surface area contributed by atoms with Crippen LogP contribution in [0.25, 0.3) is 0 Å². The Balaban J connectivity index is 1.19. The molecule has 11 heteroatoms. The molecule has 0 aliphatic heterocycles. The smallest absolute Gasteiger partial charge is 0.329 e. The van der Waals surface area contributed by atoms with Crippen LogP contribution in [0.5, 0.6) is 0 Å². The van der Waals surface area contributed by atoms with E-state index >= 15 is 0 Å². The number of aliphatic hydroxyl groups is 2. The molecule has 4 aliphatic rings. The van der Waals surface area contributed by atoms with Gasteiger partial charge in [0.2, 0.25) is 0 Å². The van der Waals surface area contributed by atoms with Gasteiger partial charge in [-0.25, -0.2) is 4.79 Å². The first-order valence-electron chi connectivity index (χ1n) is 14.5. The molecule has 41 heavy (non-hydrogen) atoms. The Morgan fingerprint density at radius 1 is 1.17 bits per heavy atom. The van der Waals surface area contributed by atoms with Crippen molar-refractivity contribution in [2.75, 3.05) is 6.61 Å². The minimum Gasteiger partial charge on any atom is -0.480 e. The molecule has 8 atom stereocenters. The third-order valence-electron chi connectivity index (χ3n) is 10.6. The highest BCUT2D eigenvalue weighted by molar-refractivity contribution is 5.96. The molecular weight excluding hydrogens is 530 g/mol. The second-order valence-electron chi connectivity index (χ2n) is 12.7. The number of hydrogen-bond acceptors (Lipinski definition) is 8. The lowest BCUT2D eigenvalue weighted by molar-refractivity contribution is -0.385. The van der Waals surface area contributed by atoms with Crippen LogP contribution in [0.3, 0.4) is 0 Å². The van der Waals surface area contributed by atoms with Gasteiger partial charge in [0.15, 0.2) is 12.6 Å².